The molecule has 0 radical (unpaired) electrons. The van der Waals surface area contributed by atoms with E-state index in [0.29, 0.717) is 12.2 Å². The molecule has 0 aromatic carbocycles. The predicted molar refractivity (Wildman–Crippen MR) is 68.1 cm³/mol. The van der Waals surface area contributed by atoms with E-state index in [1.807, 2.05) is 6.07 Å². The van der Waals surface area contributed by atoms with Crippen LogP contribution >= 0.6 is 0 Å². The van der Waals surface area contributed by atoms with Crippen molar-refractivity contribution in [1.82, 2.24) is 4.98 Å². The van der Waals surface area contributed by atoms with Gasteiger partial charge in [-0.05, 0) is 18.6 Å². The van der Waals surface area contributed by atoms with Crippen LogP contribution < -0.4 is 0 Å². The van der Waals surface area contributed by atoms with Gasteiger partial charge in [-0.25, -0.2) is 4.79 Å². The molecule has 3 nitrogen and oxygen atoms in total. The summed E-state index contributed by atoms with van der Waals surface area (Å²) in [6.07, 6.45) is 3.59. The lowest BCUT2D eigenvalue weighted by atomic mass is 9.91. The number of ether oxygens (including phenoxy) is 1. The summed E-state index contributed by atoms with van der Waals surface area (Å²) < 4.78 is 5.17. The van der Waals surface area contributed by atoms with E-state index in [1.165, 1.54) is 0 Å². The summed E-state index contributed by atoms with van der Waals surface area (Å²) in [6, 6.07) is 3.51. The first-order valence-corrected chi connectivity index (χ1v) is 6.09. The van der Waals surface area contributed by atoms with Gasteiger partial charge in [-0.15, -0.1) is 0 Å². The molecular weight excluding hydrogens is 214 g/mol. The smallest absolute Gasteiger partial charge is 0.338 e. The van der Waals surface area contributed by atoms with Gasteiger partial charge < -0.3 is 4.74 Å². The van der Waals surface area contributed by atoms with E-state index in [-0.39, 0.29) is 11.4 Å². The average Bonchev–Trinajstić information content (AvgIpc) is 2.28. The minimum Gasteiger partial charge on any atom is -0.462 e. The number of nitrogens with zero attached hydrogens (tertiary/aromatic N) is 1. The maximum absolute atomic E-state index is 11.7. The quantitative estimate of drug-likeness (QED) is 0.593. The third kappa shape index (κ3) is 4.17. The molecule has 0 unspecified atom stereocenters. The highest BCUT2D eigenvalue weighted by Crippen LogP contribution is 2.20. The first-order valence-electron chi connectivity index (χ1n) is 6.09. The van der Waals surface area contributed by atoms with Crippen LogP contribution in [0.2, 0.25) is 0 Å². The van der Waals surface area contributed by atoms with Crippen molar-refractivity contribution >= 4 is 5.97 Å². The molecule has 1 heterocycles. The Bertz CT molecular complexity index is 380. The van der Waals surface area contributed by atoms with Crippen LogP contribution in [0.15, 0.2) is 18.3 Å². The van der Waals surface area contributed by atoms with Crippen LogP contribution in [0.4, 0.5) is 0 Å². The zero-order chi connectivity index (χ0) is 12.9. The normalized spacial score (nSPS) is 11.3. The van der Waals surface area contributed by atoms with Gasteiger partial charge in [0.2, 0.25) is 0 Å². The van der Waals surface area contributed by atoms with Gasteiger partial charge in [0.05, 0.1) is 12.2 Å². The van der Waals surface area contributed by atoms with Crippen molar-refractivity contribution in [3.8, 4) is 0 Å². The second-order valence-corrected chi connectivity index (χ2v) is 5.17. The Morgan fingerprint density at radius 3 is 2.71 bits per heavy atom. The van der Waals surface area contributed by atoms with E-state index in [9.17, 15) is 4.79 Å². The standard InChI is InChI=1S/C14H21NO2/c1-5-6-9-17-13(16)11-7-8-15-12(10-11)14(2,3)4/h7-8,10H,5-6,9H2,1-4H3. The lowest BCUT2D eigenvalue weighted by molar-refractivity contribution is 0.0499. The van der Waals surface area contributed by atoms with Crippen LogP contribution in [0.5, 0.6) is 0 Å². The average molecular weight is 235 g/mol. The number of carbonyl (C=O) groups excluding carboxylic acids is 1. The lowest BCUT2D eigenvalue weighted by Crippen LogP contribution is -2.15. The zero-order valence-corrected chi connectivity index (χ0v) is 11.1. The van der Waals surface area contributed by atoms with Gasteiger partial charge in [0.1, 0.15) is 0 Å². The van der Waals surface area contributed by atoms with E-state index in [4.69, 9.17) is 4.74 Å². The van der Waals surface area contributed by atoms with Gasteiger partial charge in [-0.2, -0.15) is 0 Å². The Morgan fingerprint density at radius 1 is 1.41 bits per heavy atom. The summed E-state index contributed by atoms with van der Waals surface area (Å²) in [5, 5.41) is 0. The van der Waals surface area contributed by atoms with Crippen molar-refractivity contribution in [2.45, 2.75) is 46.0 Å². The van der Waals surface area contributed by atoms with Crippen LogP contribution in [0.25, 0.3) is 0 Å². The number of unbranched alkanes of at least 4 members (excludes halogenated alkanes) is 1. The highest BCUT2D eigenvalue weighted by atomic mass is 16.5. The molecule has 0 bridgehead atoms. The van der Waals surface area contributed by atoms with Gasteiger partial charge in [0, 0.05) is 17.3 Å². The van der Waals surface area contributed by atoms with Gasteiger partial charge in [-0.3, -0.25) is 4.98 Å². The van der Waals surface area contributed by atoms with Crippen LogP contribution in [0, 0.1) is 0 Å². The molecule has 94 valence electrons. The Hall–Kier alpha value is -1.38. The topological polar surface area (TPSA) is 39.2 Å². The molecule has 0 aliphatic rings. The number of rotatable bonds is 4. The number of pyridine rings is 1. The molecule has 1 rings (SSSR count). The van der Waals surface area contributed by atoms with Crippen molar-refractivity contribution in [3.05, 3.63) is 29.6 Å². The van der Waals surface area contributed by atoms with Crippen molar-refractivity contribution in [2.24, 2.45) is 0 Å². The van der Waals surface area contributed by atoms with Crippen LogP contribution in [0.1, 0.15) is 56.6 Å². The summed E-state index contributed by atoms with van der Waals surface area (Å²) >= 11 is 0. The fourth-order valence-electron chi connectivity index (χ4n) is 1.36. The van der Waals surface area contributed by atoms with Crippen LogP contribution in [0.3, 0.4) is 0 Å². The Labute approximate surface area is 103 Å². The molecule has 0 spiro atoms. The maximum atomic E-state index is 11.7. The highest BCUT2D eigenvalue weighted by molar-refractivity contribution is 5.89. The maximum Gasteiger partial charge on any atom is 0.338 e. The van der Waals surface area contributed by atoms with Crippen molar-refractivity contribution in [1.29, 1.82) is 0 Å². The monoisotopic (exact) mass is 235 g/mol. The summed E-state index contributed by atoms with van der Waals surface area (Å²) in [5.74, 6) is -0.258. The molecule has 0 amide bonds. The van der Waals surface area contributed by atoms with E-state index < -0.39 is 0 Å². The molecule has 3 heteroatoms. The number of carbonyl (C=O) groups is 1. The number of esters is 1. The van der Waals surface area contributed by atoms with E-state index in [2.05, 4.69) is 32.7 Å². The van der Waals surface area contributed by atoms with Crippen LogP contribution in [-0.2, 0) is 10.2 Å². The highest BCUT2D eigenvalue weighted by Gasteiger charge is 2.17. The third-order valence-electron chi connectivity index (χ3n) is 2.50. The molecule has 17 heavy (non-hydrogen) atoms. The predicted octanol–water partition coefficient (Wildman–Crippen LogP) is 3.34. The van der Waals surface area contributed by atoms with E-state index in [0.717, 1.165) is 18.5 Å². The summed E-state index contributed by atoms with van der Waals surface area (Å²) in [6.45, 7) is 8.77. The summed E-state index contributed by atoms with van der Waals surface area (Å²) in [5.41, 5.74) is 1.43. The number of hydrogen-bond acceptors (Lipinski definition) is 3. The zero-order valence-electron chi connectivity index (χ0n) is 11.1. The molecule has 0 aliphatic heterocycles. The Balaban J connectivity index is 2.74. The van der Waals surface area contributed by atoms with E-state index >= 15 is 0 Å². The largest absolute Gasteiger partial charge is 0.462 e. The molecule has 0 atom stereocenters. The first kappa shape index (κ1) is 13.7. The molecular formula is C14H21NO2. The lowest BCUT2D eigenvalue weighted by Gasteiger charge is -2.17. The molecule has 0 saturated heterocycles. The number of hydrogen-bond donors (Lipinski definition) is 0. The summed E-state index contributed by atoms with van der Waals surface area (Å²) in [4.78, 5) is 16.0. The molecule has 0 fully saturated rings. The van der Waals surface area contributed by atoms with Gasteiger partial charge in [-0.1, -0.05) is 34.1 Å². The van der Waals surface area contributed by atoms with Crippen molar-refractivity contribution < 1.29 is 9.53 Å². The van der Waals surface area contributed by atoms with Gasteiger partial charge >= 0.3 is 5.97 Å². The second kappa shape index (κ2) is 5.80. The fraction of sp³-hybridized carbons (Fsp3) is 0.571. The SMILES string of the molecule is CCCCOC(=O)c1ccnc(C(C)(C)C)c1. The third-order valence-corrected chi connectivity index (χ3v) is 2.50. The minimum atomic E-state index is -0.258. The molecule has 0 aliphatic carbocycles. The Kier molecular flexibility index (Phi) is 4.67. The number of aromatic nitrogens is 1. The van der Waals surface area contributed by atoms with Crippen molar-refractivity contribution in [3.63, 3.8) is 0 Å². The summed E-state index contributed by atoms with van der Waals surface area (Å²) in [7, 11) is 0. The van der Waals surface area contributed by atoms with Gasteiger partial charge in [0.25, 0.3) is 0 Å². The fourth-order valence-corrected chi connectivity index (χ4v) is 1.36. The van der Waals surface area contributed by atoms with E-state index in [1.54, 1.807) is 12.3 Å². The van der Waals surface area contributed by atoms with Crippen LogP contribution in [-0.4, -0.2) is 17.6 Å². The molecule has 0 N–H and O–H groups in total. The Morgan fingerprint density at radius 2 is 2.12 bits per heavy atom. The molecule has 1 aromatic heterocycles. The van der Waals surface area contributed by atoms with Gasteiger partial charge in [0.15, 0.2) is 0 Å². The second-order valence-electron chi connectivity index (χ2n) is 5.17. The molecule has 1 aromatic rings. The minimum absolute atomic E-state index is 0.0558. The molecule has 0 saturated carbocycles. The van der Waals surface area contributed by atoms with Crippen molar-refractivity contribution in [2.75, 3.05) is 6.61 Å². The first-order chi connectivity index (χ1) is 7.95.